The molecule has 0 aliphatic carbocycles. The quantitative estimate of drug-likeness (QED) is 0.884. The molecule has 1 aromatic heterocycles. The summed E-state index contributed by atoms with van der Waals surface area (Å²) in [5.41, 5.74) is 1.12. The van der Waals surface area contributed by atoms with Crippen LogP contribution in [0.15, 0.2) is 10.7 Å². The van der Waals surface area contributed by atoms with Gasteiger partial charge in [-0.05, 0) is 15.9 Å². The van der Waals surface area contributed by atoms with Crippen molar-refractivity contribution in [3.8, 4) is 0 Å². The Balaban J connectivity index is 1.92. The molecule has 1 amide bonds. The van der Waals surface area contributed by atoms with E-state index in [1.165, 1.54) is 4.90 Å². The van der Waals surface area contributed by atoms with Gasteiger partial charge >= 0.3 is 6.09 Å². The lowest BCUT2D eigenvalue weighted by Crippen LogP contribution is -2.48. The van der Waals surface area contributed by atoms with E-state index in [0.717, 1.165) is 29.8 Å². The third-order valence-electron chi connectivity index (χ3n) is 3.03. The molecular formula is C10H15BrN4O2. The number of hydrogen-bond acceptors (Lipinski definition) is 3. The van der Waals surface area contributed by atoms with E-state index < -0.39 is 6.09 Å². The van der Waals surface area contributed by atoms with E-state index in [-0.39, 0.29) is 0 Å². The number of amides is 1. The van der Waals surface area contributed by atoms with Crippen molar-refractivity contribution in [2.75, 3.05) is 26.2 Å². The van der Waals surface area contributed by atoms with Crippen LogP contribution in [-0.2, 0) is 13.6 Å². The van der Waals surface area contributed by atoms with Crippen LogP contribution in [0.4, 0.5) is 4.79 Å². The minimum absolute atomic E-state index is 0.574. The molecule has 1 aromatic rings. The summed E-state index contributed by atoms with van der Waals surface area (Å²) in [7, 11) is 1.91. The molecule has 17 heavy (non-hydrogen) atoms. The van der Waals surface area contributed by atoms with Gasteiger partial charge in [-0.1, -0.05) is 0 Å². The SMILES string of the molecule is Cn1ncc(Br)c1CN1CCN(C(=O)O)CC1. The standard InChI is InChI=1S/C10H15BrN4O2/c1-13-9(8(11)6-12-13)7-14-2-4-15(5-3-14)10(16)17/h6H,2-5,7H2,1H3,(H,16,17). The van der Waals surface area contributed by atoms with Crippen molar-refractivity contribution >= 4 is 22.0 Å². The molecular weight excluding hydrogens is 288 g/mol. The van der Waals surface area contributed by atoms with Gasteiger partial charge in [-0.3, -0.25) is 9.58 Å². The predicted octanol–water partition coefficient (Wildman–Crippen LogP) is 0.978. The van der Waals surface area contributed by atoms with Crippen LogP contribution in [0.25, 0.3) is 0 Å². The van der Waals surface area contributed by atoms with Crippen LogP contribution in [0.3, 0.4) is 0 Å². The summed E-state index contributed by atoms with van der Waals surface area (Å²) >= 11 is 3.46. The van der Waals surface area contributed by atoms with Crippen LogP contribution in [0.5, 0.6) is 0 Å². The maximum absolute atomic E-state index is 10.8. The minimum atomic E-state index is -0.827. The number of carbonyl (C=O) groups is 1. The Morgan fingerprint density at radius 3 is 2.59 bits per heavy atom. The Labute approximate surface area is 108 Å². The summed E-state index contributed by atoms with van der Waals surface area (Å²) in [4.78, 5) is 14.5. The van der Waals surface area contributed by atoms with E-state index in [2.05, 4.69) is 25.9 Å². The van der Waals surface area contributed by atoms with Crippen molar-refractivity contribution in [1.29, 1.82) is 0 Å². The second kappa shape index (κ2) is 5.05. The third-order valence-corrected chi connectivity index (χ3v) is 3.69. The molecule has 1 saturated heterocycles. The molecule has 1 fully saturated rings. The van der Waals surface area contributed by atoms with Gasteiger partial charge in [0.25, 0.3) is 0 Å². The number of carboxylic acid groups (broad SMARTS) is 1. The van der Waals surface area contributed by atoms with Gasteiger partial charge < -0.3 is 10.0 Å². The molecule has 0 bridgehead atoms. The molecule has 0 spiro atoms. The zero-order valence-corrected chi connectivity index (χ0v) is 11.2. The Morgan fingerprint density at radius 1 is 1.47 bits per heavy atom. The highest BCUT2D eigenvalue weighted by molar-refractivity contribution is 9.10. The van der Waals surface area contributed by atoms with Gasteiger partial charge in [0.1, 0.15) is 0 Å². The lowest BCUT2D eigenvalue weighted by atomic mass is 10.3. The molecule has 0 radical (unpaired) electrons. The monoisotopic (exact) mass is 302 g/mol. The summed E-state index contributed by atoms with van der Waals surface area (Å²) in [6.07, 6.45) is 0.953. The molecule has 1 aliphatic rings. The first-order valence-electron chi connectivity index (χ1n) is 5.44. The van der Waals surface area contributed by atoms with Gasteiger partial charge in [0.05, 0.1) is 16.4 Å². The first-order chi connectivity index (χ1) is 8.08. The predicted molar refractivity (Wildman–Crippen MR) is 65.8 cm³/mol. The number of hydrogen-bond donors (Lipinski definition) is 1. The van der Waals surface area contributed by atoms with E-state index in [0.29, 0.717) is 13.1 Å². The van der Waals surface area contributed by atoms with E-state index in [1.807, 2.05) is 11.7 Å². The summed E-state index contributed by atoms with van der Waals surface area (Å²) < 4.78 is 2.84. The molecule has 6 nitrogen and oxygen atoms in total. The Morgan fingerprint density at radius 2 is 2.12 bits per heavy atom. The zero-order valence-electron chi connectivity index (χ0n) is 9.64. The highest BCUT2D eigenvalue weighted by Gasteiger charge is 2.21. The number of aryl methyl sites for hydroxylation is 1. The first-order valence-corrected chi connectivity index (χ1v) is 6.24. The van der Waals surface area contributed by atoms with E-state index in [9.17, 15) is 4.79 Å². The number of piperazine rings is 1. The van der Waals surface area contributed by atoms with Gasteiger partial charge in [0.15, 0.2) is 0 Å². The fourth-order valence-corrected chi connectivity index (χ4v) is 2.40. The molecule has 1 aliphatic heterocycles. The number of aromatic nitrogens is 2. The summed E-state index contributed by atoms with van der Waals surface area (Å²) in [6.45, 7) is 3.48. The summed E-state index contributed by atoms with van der Waals surface area (Å²) in [6, 6.07) is 0. The molecule has 94 valence electrons. The Bertz CT molecular complexity index is 393. The highest BCUT2D eigenvalue weighted by Crippen LogP contribution is 2.17. The van der Waals surface area contributed by atoms with Crippen LogP contribution in [0.1, 0.15) is 5.69 Å². The molecule has 0 aromatic carbocycles. The first kappa shape index (κ1) is 12.4. The number of halogens is 1. The Hall–Kier alpha value is -1.08. The van der Waals surface area contributed by atoms with E-state index in [4.69, 9.17) is 5.11 Å². The maximum atomic E-state index is 10.8. The van der Waals surface area contributed by atoms with Crippen molar-refractivity contribution in [3.05, 3.63) is 16.4 Å². The molecule has 1 N–H and O–H groups in total. The maximum Gasteiger partial charge on any atom is 0.407 e. The van der Waals surface area contributed by atoms with Gasteiger partial charge in [-0.2, -0.15) is 5.10 Å². The second-order valence-electron chi connectivity index (χ2n) is 4.11. The molecule has 2 heterocycles. The van der Waals surface area contributed by atoms with Crippen LogP contribution in [0, 0.1) is 0 Å². The third kappa shape index (κ3) is 2.78. The number of rotatable bonds is 2. The summed E-state index contributed by atoms with van der Waals surface area (Å²) in [5.74, 6) is 0. The summed E-state index contributed by atoms with van der Waals surface area (Å²) in [5, 5.41) is 13.0. The van der Waals surface area contributed by atoms with Crippen molar-refractivity contribution in [2.45, 2.75) is 6.54 Å². The fourth-order valence-electron chi connectivity index (χ4n) is 1.92. The minimum Gasteiger partial charge on any atom is -0.465 e. The van der Waals surface area contributed by atoms with Gasteiger partial charge in [-0.25, -0.2) is 4.79 Å². The fraction of sp³-hybridized carbons (Fsp3) is 0.600. The van der Waals surface area contributed by atoms with Crippen molar-refractivity contribution < 1.29 is 9.90 Å². The van der Waals surface area contributed by atoms with Crippen molar-refractivity contribution in [1.82, 2.24) is 19.6 Å². The van der Waals surface area contributed by atoms with Gasteiger partial charge in [0.2, 0.25) is 0 Å². The van der Waals surface area contributed by atoms with E-state index >= 15 is 0 Å². The van der Waals surface area contributed by atoms with Crippen molar-refractivity contribution in [2.24, 2.45) is 7.05 Å². The molecule has 2 rings (SSSR count). The average Bonchev–Trinajstić information content (AvgIpc) is 2.61. The van der Waals surface area contributed by atoms with Crippen LogP contribution in [0.2, 0.25) is 0 Å². The highest BCUT2D eigenvalue weighted by atomic mass is 79.9. The van der Waals surface area contributed by atoms with E-state index in [1.54, 1.807) is 6.20 Å². The van der Waals surface area contributed by atoms with Crippen molar-refractivity contribution in [3.63, 3.8) is 0 Å². The number of nitrogens with zero attached hydrogens (tertiary/aromatic N) is 4. The average molecular weight is 303 g/mol. The van der Waals surface area contributed by atoms with Gasteiger partial charge in [0, 0.05) is 39.8 Å². The van der Waals surface area contributed by atoms with Crippen LogP contribution < -0.4 is 0 Å². The second-order valence-corrected chi connectivity index (χ2v) is 4.96. The lowest BCUT2D eigenvalue weighted by Gasteiger charge is -2.33. The van der Waals surface area contributed by atoms with Crippen LogP contribution >= 0.6 is 15.9 Å². The van der Waals surface area contributed by atoms with Crippen LogP contribution in [-0.4, -0.2) is 57.0 Å². The normalized spacial score (nSPS) is 17.4. The Kier molecular flexibility index (Phi) is 3.68. The largest absolute Gasteiger partial charge is 0.465 e. The lowest BCUT2D eigenvalue weighted by molar-refractivity contribution is 0.102. The zero-order chi connectivity index (χ0) is 12.4. The molecule has 7 heteroatoms. The molecule has 0 saturated carbocycles. The smallest absolute Gasteiger partial charge is 0.407 e. The molecule has 0 unspecified atom stereocenters. The van der Waals surface area contributed by atoms with Gasteiger partial charge in [-0.15, -0.1) is 0 Å². The molecule has 0 atom stereocenters. The topological polar surface area (TPSA) is 61.6 Å².